The predicted molar refractivity (Wildman–Crippen MR) is 134 cm³/mol. The molecule has 0 amide bonds. The van der Waals surface area contributed by atoms with Gasteiger partial charge >= 0.3 is 0 Å². The predicted octanol–water partition coefficient (Wildman–Crippen LogP) is 7.79. The maximum absolute atomic E-state index is 10.7. The van der Waals surface area contributed by atoms with Crippen molar-refractivity contribution < 1.29 is 9.84 Å². The first-order valence-corrected chi connectivity index (χ1v) is 14.2. The molecule has 32 heavy (non-hydrogen) atoms. The summed E-state index contributed by atoms with van der Waals surface area (Å²) >= 11 is 0. The van der Waals surface area contributed by atoms with Crippen molar-refractivity contribution >= 4 is 0 Å². The second kappa shape index (κ2) is 9.37. The summed E-state index contributed by atoms with van der Waals surface area (Å²) in [6.45, 7) is 17.8. The number of allylic oxidation sites excluding steroid dienone is 1. The summed E-state index contributed by atoms with van der Waals surface area (Å²) < 4.78 is 6.53. The van der Waals surface area contributed by atoms with Crippen LogP contribution in [0.15, 0.2) is 11.1 Å². The maximum atomic E-state index is 10.7. The molecule has 1 N–H and O–H groups in total. The van der Waals surface area contributed by atoms with Crippen molar-refractivity contribution in [2.45, 2.75) is 125 Å². The Balaban J connectivity index is 1.65. The number of rotatable bonds is 7. The zero-order valence-electron chi connectivity index (χ0n) is 22.3. The van der Waals surface area contributed by atoms with Crippen molar-refractivity contribution in [3.8, 4) is 0 Å². The topological polar surface area (TPSA) is 29.5 Å². The molecule has 0 bridgehead atoms. The van der Waals surface area contributed by atoms with Gasteiger partial charge < -0.3 is 9.84 Å². The molecule has 3 saturated carbocycles. The van der Waals surface area contributed by atoms with Crippen LogP contribution in [-0.2, 0) is 4.74 Å². The van der Waals surface area contributed by atoms with E-state index in [1.54, 1.807) is 5.57 Å². The van der Waals surface area contributed by atoms with Gasteiger partial charge in [-0.25, -0.2) is 0 Å². The van der Waals surface area contributed by atoms with Crippen molar-refractivity contribution in [2.24, 2.45) is 46.3 Å². The van der Waals surface area contributed by atoms with E-state index in [1.165, 1.54) is 51.4 Å². The first-order chi connectivity index (χ1) is 15.1. The lowest BCUT2D eigenvalue weighted by atomic mass is 9.46. The minimum absolute atomic E-state index is 0.124. The molecular weight excluding hydrogens is 392 g/mol. The molecule has 0 aromatic heterocycles. The van der Waals surface area contributed by atoms with Gasteiger partial charge in [0, 0.05) is 6.61 Å². The van der Waals surface area contributed by atoms with Crippen LogP contribution in [0.5, 0.6) is 0 Å². The maximum Gasteiger partial charge on any atom is 0.0793 e. The standard InChI is InChI=1S/C30H52O2/c1-8-32-27-18-25-21(5)26(31)15-17-30(25,7)24-14-16-29(6)22(12-13-23(29)28(24)27)20(4)11-9-10-19(2)3/h19-22,24-27,31H,8-18H2,1-7H3/t20-,21+,22-,24+,25+,26+,27-,29-,30-/m1/s1. The molecule has 9 atom stereocenters. The first-order valence-electron chi connectivity index (χ1n) is 14.2. The molecule has 2 heteroatoms. The lowest BCUT2D eigenvalue weighted by Crippen LogP contribution is -2.55. The van der Waals surface area contributed by atoms with Crippen molar-refractivity contribution in [3.63, 3.8) is 0 Å². The Morgan fingerprint density at radius 2 is 1.81 bits per heavy atom. The van der Waals surface area contributed by atoms with E-state index in [1.807, 2.05) is 5.57 Å². The van der Waals surface area contributed by atoms with Crippen molar-refractivity contribution in [3.05, 3.63) is 11.1 Å². The van der Waals surface area contributed by atoms with Crippen LogP contribution in [0.2, 0.25) is 0 Å². The number of hydrogen-bond donors (Lipinski definition) is 1. The van der Waals surface area contributed by atoms with E-state index < -0.39 is 0 Å². The highest BCUT2D eigenvalue weighted by Gasteiger charge is 2.59. The number of hydrogen-bond acceptors (Lipinski definition) is 2. The summed E-state index contributed by atoms with van der Waals surface area (Å²) in [6.07, 6.45) is 13.0. The van der Waals surface area contributed by atoms with Crippen LogP contribution in [0.25, 0.3) is 0 Å². The van der Waals surface area contributed by atoms with Gasteiger partial charge in [-0.2, -0.15) is 0 Å². The SMILES string of the molecule is CCO[C@@H]1C[C@H]2[C@H](C)[C@@H](O)CC[C@]2(C)[C@H]2CC[C@@]3(C)C(=C12)CC[C@@H]3[C@H](C)CCCC(C)C. The molecule has 184 valence electrons. The van der Waals surface area contributed by atoms with Gasteiger partial charge in [0.25, 0.3) is 0 Å². The highest BCUT2D eigenvalue weighted by atomic mass is 16.5. The molecule has 0 aromatic carbocycles. The van der Waals surface area contributed by atoms with Crippen molar-refractivity contribution in [2.75, 3.05) is 6.61 Å². The third-order valence-electron chi connectivity index (χ3n) is 11.1. The molecule has 0 heterocycles. The summed E-state index contributed by atoms with van der Waals surface area (Å²) in [5, 5.41) is 10.7. The Morgan fingerprint density at radius 3 is 2.50 bits per heavy atom. The Labute approximate surface area is 199 Å². The van der Waals surface area contributed by atoms with Crippen LogP contribution in [0, 0.1) is 46.3 Å². The largest absolute Gasteiger partial charge is 0.393 e. The number of aliphatic hydroxyl groups is 1. The monoisotopic (exact) mass is 444 g/mol. The fraction of sp³-hybridized carbons (Fsp3) is 0.933. The molecular formula is C30H52O2. The van der Waals surface area contributed by atoms with E-state index in [0.717, 1.165) is 37.2 Å². The molecule has 2 nitrogen and oxygen atoms in total. The summed E-state index contributed by atoms with van der Waals surface area (Å²) in [7, 11) is 0. The van der Waals surface area contributed by atoms with Crippen LogP contribution in [-0.4, -0.2) is 23.9 Å². The van der Waals surface area contributed by atoms with E-state index >= 15 is 0 Å². The minimum Gasteiger partial charge on any atom is -0.393 e. The third kappa shape index (κ3) is 4.04. The van der Waals surface area contributed by atoms with Gasteiger partial charge in [-0.3, -0.25) is 0 Å². The van der Waals surface area contributed by atoms with Gasteiger partial charge in [-0.15, -0.1) is 0 Å². The fourth-order valence-corrected chi connectivity index (χ4v) is 9.22. The van der Waals surface area contributed by atoms with Crippen LogP contribution in [0.1, 0.15) is 113 Å². The lowest BCUT2D eigenvalue weighted by Gasteiger charge is -2.60. The molecule has 0 spiro atoms. The number of ether oxygens (including phenoxy) is 1. The summed E-state index contributed by atoms with van der Waals surface area (Å²) in [5.74, 6) is 4.16. The van der Waals surface area contributed by atoms with Gasteiger partial charge in [0.1, 0.15) is 0 Å². The summed E-state index contributed by atoms with van der Waals surface area (Å²) in [4.78, 5) is 0. The Kier molecular flexibility index (Phi) is 7.25. The molecule has 0 aromatic rings. The molecule has 0 unspecified atom stereocenters. The zero-order valence-corrected chi connectivity index (χ0v) is 22.3. The van der Waals surface area contributed by atoms with E-state index in [2.05, 4.69) is 48.5 Å². The zero-order chi connectivity index (χ0) is 23.3. The average molecular weight is 445 g/mol. The average Bonchev–Trinajstić information content (AvgIpc) is 3.09. The number of aliphatic hydroxyl groups excluding tert-OH is 1. The molecule has 0 radical (unpaired) electrons. The van der Waals surface area contributed by atoms with Crippen LogP contribution in [0.4, 0.5) is 0 Å². The second-order valence-corrected chi connectivity index (χ2v) is 13.1. The Bertz CT molecular complexity index is 695. The highest BCUT2D eigenvalue weighted by molar-refractivity contribution is 5.37. The van der Waals surface area contributed by atoms with E-state index in [9.17, 15) is 5.11 Å². The summed E-state index contributed by atoms with van der Waals surface area (Å²) in [6, 6.07) is 0. The first kappa shape index (κ1) is 24.8. The van der Waals surface area contributed by atoms with Gasteiger partial charge in [0.05, 0.1) is 12.2 Å². The van der Waals surface area contributed by atoms with Crippen LogP contribution in [0.3, 0.4) is 0 Å². The molecule has 0 saturated heterocycles. The smallest absolute Gasteiger partial charge is 0.0793 e. The normalized spacial score (nSPS) is 44.9. The fourth-order valence-electron chi connectivity index (χ4n) is 9.22. The van der Waals surface area contributed by atoms with Crippen LogP contribution < -0.4 is 0 Å². The summed E-state index contributed by atoms with van der Waals surface area (Å²) in [5.41, 5.74) is 4.31. The Hall–Kier alpha value is -0.340. The molecule has 4 rings (SSSR count). The number of fused-ring (bicyclic) bond motifs is 4. The van der Waals surface area contributed by atoms with E-state index in [0.29, 0.717) is 34.7 Å². The molecule has 3 fully saturated rings. The van der Waals surface area contributed by atoms with E-state index in [-0.39, 0.29) is 6.10 Å². The van der Waals surface area contributed by atoms with Crippen molar-refractivity contribution in [1.29, 1.82) is 0 Å². The Morgan fingerprint density at radius 1 is 1.06 bits per heavy atom. The molecule has 4 aliphatic carbocycles. The highest BCUT2D eigenvalue weighted by Crippen LogP contribution is 2.66. The minimum atomic E-state index is -0.124. The molecule has 0 aliphatic heterocycles. The van der Waals surface area contributed by atoms with Gasteiger partial charge in [-0.05, 0) is 104 Å². The lowest BCUT2D eigenvalue weighted by molar-refractivity contribution is -0.110. The van der Waals surface area contributed by atoms with Crippen LogP contribution >= 0.6 is 0 Å². The van der Waals surface area contributed by atoms with Crippen molar-refractivity contribution in [1.82, 2.24) is 0 Å². The van der Waals surface area contributed by atoms with Gasteiger partial charge in [-0.1, -0.05) is 66.4 Å². The second-order valence-electron chi connectivity index (χ2n) is 13.1. The van der Waals surface area contributed by atoms with Gasteiger partial charge in [0.2, 0.25) is 0 Å². The quantitative estimate of drug-likeness (QED) is 0.406. The van der Waals surface area contributed by atoms with Gasteiger partial charge in [0.15, 0.2) is 0 Å². The molecule has 4 aliphatic rings. The van der Waals surface area contributed by atoms with E-state index in [4.69, 9.17) is 4.74 Å². The third-order valence-corrected chi connectivity index (χ3v) is 11.1.